The maximum Gasteiger partial charge on any atom is 0.183 e. The van der Waals surface area contributed by atoms with E-state index in [1.54, 1.807) is 17.7 Å². The van der Waals surface area contributed by atoms with Crippen LogP contribution in [0.1, 0.15) is 5.82 Å². The molecule has 1 N–H and O–H groups in total. The molecule has 0 aliphatic heterocycles. The quantitative estimate of drug-likeness (QED) is 0.803. The monoisotopic (exact) mass is 293 g/mol. The molecular weight excluding hydrogens is 282 g/mol. The summed E-state index contributed by atoms with van der Waals surface area (Å²) in [6, 6.07) is 5.75. The van der Waals surface area contributed by atoms with Crippen molar-refractivity contribution >= 4 is 38.3 Å². The number of halogens is 1. The van der Waals surface area contributed by atoms with Crippen molar-refractivity contribution in [2.45, 2.75) is 6.42 Å². The molecule has 0 atom stereocenters. The number of benzene rings is 1. The van der Waals surface area contributed by atoms with Crippen molar-refractivity contribution in [2.75, 3.05) is 11.9 Å². The Labute approximate surface area is 119 Å². The molecule has 0 spiro atoms. The zero-order valence-electron chi connectivity index (χ0n) is 10.3. The van der Waals surface area contributed by atoms with Gasteiger partial charge in [0.05, 0.1) is 10.2 Å². The third kappa shape index (κ3) is 2.69. The summed E-state index contributed by atoms with van der Waals surface area (Å²) in [5, 5.41) is 12.8. The van der Waals surface area contributed by atoms with Crippen LogP contribution in [0.4, 0.5) is 5.13 Å². The molecular formula is C12H12ClN5S. The summed E-state index contributed by atoms with van der Waals surface area (Å²) in [7, 11) is 1.94. The van der Waals surface area contributed by atoms with Crippen LogP contribution in [0.15, 0.2) is 24.5 Å². The number of anilines is 1. The van der Waals surface area contributed by atoms with Crippen molar-refractivity contribution in [3.05, 3.63) is 35.4 Å². The molecule has 0 amide bonds. The molecule has 0 saturated carbocycles. The maximum absolute atomic E-state index is 5.94. The normalized spacial score (nSPS) is 11.1. The SMILES string of the molecule is Cn1cnnc1CCNc1nc2cc(Cl)ccc2s1. The molecule has 7 heteroatoms. The Balaban J connectivity index is 1.67. The summed E-state index contributed by atoms with van der Waals surface area (Å²) in [6.45, 7) is 0.778. The second kappa shape index (κ2) is 5.14. The molecule has 2 heterocycles. The lowest BCUT2D eigenvalue weighted by Crippen LogP contribution is -2.08. The Kier molecular flexibility index (Phi) is 3.35. The fourth-order valence-corrected chi connectivity index (χ4v) is 2.83. The molecule has 3 rings (SSSR count). The summed E-state index contributed by atoms with van der Waals surface area (Å²) < 4.78 is 3.05. The summed E-state index contributed by atoms with van der Waals surface area (Å²) in [4.78, 5) is 4.49. The highest BCUT2D eigenvalue weighted by molar-refractivity contribution is 7.22. The van der Waals surface area contributed by atoms with Crippen molar-refractivity contribution in [1.29, 1.82) is 0 Å². The standard InChI is InChI=1S/C12H12ClN5S/c1-18-7-15-17-11(18)4-5-14-12-16-9-6-8(13)2-3-10(9)19-12/h2-3,6-7H,4-5H2,1H3,(H,14,16). The molecule has 3 aromatic rings. The minimum atomic E-state index is 0.712. The Hall–Kier alpha value is -1.66. The van der Waals surface area contributed by atoms with Crippen LogP contribution in [0.25, 0.3) is 10.2 Å². The highest BCUT2D eigenvalue weighted by Crippen LogP contribution is 2.27. The lowest BCUT2D eigenvalue weighted by molar-refractivity contribution is 0.788. The number of aryl methyl sites for hydroxylation is 1. The van der Waals surface area contributed by atoms with Gasteiger partial charge in [-0.1, -0.05) is 22.9 Å². The average molecular weight is 294 g/mol. The average Bonchev–Trinajstić information content (AvgIpc) is 2.95. The van der Waals surface area contributed by atoms with Gasteiger partial charge < -0.3 is 9.88 Å². The molecule has 0 bridgehead atoms. The van der Waals surface area contributed by atoms with Gasteiger partial charge in [-0.25, -0.2) is 4.98 Å². The predicted octanol–water partition coefficient (Wildman–Crippen LogP) is 2.73. The third-order valence-corrected chi connectivity index (χ3v) is 4.01. The van der Waals surface area contributed by atoms with E-state index in [0.29, 0.717) is 5.02 Å². The molecule has 0 fully saturated rings. The van der Waals surface area contributed by atoms with Crippen molar-refractivity contribution in [3.63, 3.8) is 0 Å². The molecule has 98 valence electrons. The van der Waals surface area contributed by atoms with Gasteiger partial charge >= 0.3 is 0 Å². The highest BCUT2D eigenvalue weighted by Gasteiger charge is 2.05. The molecule has 0 aliphatic carbocycles. The Morgan fingerprint density at radius 1 is 1.42 bits per heavy atom. The van der Waals surface area contributed by atoms with Crippen molar-refractivity contribution in [3.8, 4) is 0 Å². The molecule has 0 unspecified atom stereocenters. The van der Waals surface area contributed by atoms with E-state index in [-0.39, 0.29) is 0 Å². The zero-order chi connectivity index (χ0) is 13.2. The Morgan fingerprint density at radius 2 is 2.32 bits per heavy atom. The first-order valence-corrected chi connectivity index (χ1v) is 7.04. The number of aromatic nitrogens is 4. The number of hydrogen-bond donors (Lipinski definition) is 1. The van der Waals surface area contributed by atoms with E-state index in [0.717, 1.165) is 34.1 Å². The fourth-order valence-electron chi connectivity index (χ4n) is 1.79. The highest BCUT2D eigenvalue weighted by atomic mass is 35.5. The number of fused-ring (bicyclic) bond motifs is 1. The second-order valence-electron chi connectivity index (χ2n) is 4.17. The lowest BCUT2D eigenvalue weighted by atomic mass is 10.3. The first-order valence-electron chi connectivity index (χ1n) is 5.85. The third-order valence-electron chi connectivity index (χ3n) is 2.78. The van der Waals surface area contributed by atoms with Gasteiger partial charge in [-0.3, -0.25) is 0 Å². The zero-order valence-corrected chi connectivity index (χ0v) is 11.9. The van der Waals surface area contributed by atoms with Crippen molar-refractivity contribution < 1.29 is 0 Å². The van der Waals surface area contributed by atoms with Gasteiger partial charge in [0.2, 0.25) is 0 Å². The van der Waals surface area contributed by atoms with Gasteiger partial charge in [-0.05, 0) is 18.2 Å². The van der Waals surface area contributed by atoms with E-state index in [4.69, 9.17) is 11.6 Å². The van der Waals surface area contributed by atoms with E-state index in [1.165, 1.54) is 0 Å². The van der Waals surface area contributed by atoms with Gasteiger partial charge in [0, 0.05) is 25.0 Å². The summed E-state index contributed by atoms with van der Waals surface area (Å²) >= 11 is 7.57. The maximum atomic E-state index is 5.94. The molecule has 1 aromatic carbocycles. The number of rotatable bonds is 4. The van der Waals surface area contributed by atoms with Crippen LogP contribution in [0.5, 0.6) is 0 Å². The molecule has 5 nitrogen and oxygen atoms in total. The van der Waals surface area contributed by atoms with Gasteiger partial charge in [0.15, 0.2) is 5.13 Å². The largest absolute Gasteiger partial charge is 0.361 e. The molecule has 19 heavy (non-hydrogen) atoms. The number of hydrogen-bond acceptors (Lipinski definition) is 5. The van der Waals surface area contributed by atoms with Crippen LogP contribution in [0.2, 0.25) is 5.02 Å². The molecule has 0 saturated heterocycles. The molecule has 0 aliphatic rings. The molecule has 0 radical (unpaired) electrons. The van der Waals surface area contributed by atoms with Crippen LogP contribution in [0.3, 0.4) is 0 Å². The smallest absolute Gasteiger partial charge is 0.183 e. The molecule has 2 aromatic heterocycles. The van der Waals surface area contributed by atoms with Crippen LogP contribution < -0.4 is 5.32 Å². The lowest BCUT2D eigenvalue weighted by Gasteiger charge is -2.01. The van der Waals surface area contributed by atoms with Crippen LogP contribution >= 0.6 is 22.9 Å². The second-order valence-corrected chi connectivity index (χ2v) is 5.63. The minimum absolute atomic E-state index is 0.712. The van der Waals surface area contributed by atoms with E-state index in [2.05, 4.69) is 20.5 Å². The van der Waals surface area contributed by atoms with Crippen LogP contribution in [-0.4, -0.2) is 26.3 Å². The number of thiazole rings is 1. The van der Waals surface area contributed by atoms with Gasteiger partial charge in [0.25, 0.3) is 0 Å². The van der Waals surface area contributed by atoms with Gasteiger partial charge in [0.1, 0.15) is 12.2 Å². The first kappa shape index (κ1) is 12.4. The van der Waals surface area contributed by atoms with E-state index < -0.39 is 0 Å². The first-order chi connectivity index (χ1) is 9.22. The van der Waals surface area contributed by atoms with Crippen molar-refractivity contribution in [1.82, 2.24) is 19.7 Å². The summed E-state index contributed by atoms with van der Waals surface area (Å²) in [6.07, 6.45) is 2.52. The fraction of sp³-hybridized carbons (Fsp3) is 0.250. The van der Waals surface area contributed by atoms with E-state index in [9.17, 15) is 0 Å². The summed E-state index contributed by atoms with van der Waals surface area (Å²) in [5.41, 5.74) is 0.929. The Morgan fingerprint density at radius 3 is 3.11 bits per heavy atom. The summed E-state index contributed by atoms with van der Waals surface area (Å²) in [5.74, 6) is 0.955. The predicted molar refractivity (Wildman–Crippen MR) is 77.8 cm³/mol. The Bertz CT molecular complexity index is 705. The number of nitrogens with zero attached hydrogens (tertiary/aromatic N) is 4. The van der Waals surface area contributed by atoms with E-state index in [1.807, 2.05) is 29.8 Å². The van der Waals surface area contributed by atoms with E-state index >= 15 is 0 Å². The van der Waals surface area contributed by atoms with Crippen molar-refractivity contribution in [2.24, 2.45) is 7.05 Å². The van der Waals surface area contributed by atoms with Crippen LogP contribution in [0, 0.1) is 0 Å². The number of nitrogens with one attached hydrogen (secondary N) is 1. The van der Waals surface area contributed by atoms with Gasteiger partial charge in [-0.2, -0.15) is 0 Å². The van der Waals surface area contributed by atoms with Gasteiger partial charge in [-0.15, -0.1) is 10.2 Å². The van der Waals surface area contributed by atoms with Crippen LogP contribution in [-0.2, 0) is 13.5 Å². The minimum Gasteiger partial charge on any atom is -0.361 e. The topological polar surface area (TPSA) is 55.6 Å².